The van der Waals surface area contributed by atoms with Crippen molar-refractivity contribution in [3.05, 3.63) is 30.1 Å². The van der Waals surface area contributed by atoms with Crippen LogP contribution in [0.4, 0.5) is 4.39 Å². The Morgan fingerprint density at radius 1 is 1.15 bits per heavy atom. The Balaban J connectivity index is 2.12. The topological polar surface area (TPSA) is 72.0 Å². The summed E-state index contributed by atoms with van der Waals surface area (Å²) in [6.45, 7) is 3.33. The maximum absolute atomic E-state index is 12.9. The number of guanidine groups is 1. The summed E-state index contributed by atoms with van der Waals surface area (Å²) in [6, 6.07) is 5.97. The van der Waals surface area contributed by atoms with Gasteiger partial charge in [0.2, 0.25) is 0 Å². The highest BCUT2D eigenvalue weighted by atomic mass is 19.1. The van der Waals surface area contributed by atoms with Gasteiger partial charge in [-0.25, -0.2) is 4.39 Å². The number of nitrogens with one attached hydrogen (secondary N) is 2. The molecular weight excluding hydrogens is 337 g/mol. The van der Waals surface area contributed by atoms with E-state index in [4.69, 9.17) is 4.74 Å². The summed E-state index contributed by atoms with van der Waals surface area (Å²) < 4.78 is 23.2. The molecule has 0 amide bonds. The van der Waals surface area contributed by atoms with E-state index in [-0.39, 0.29) is 17.9 Å². The number of halogens is 1. The molecule has 0 aliphatic carbocycles. The first-order chi connectivity index (χ1) is 12.5. The first-order valence-electron chi connectivity index (χ1n) is 8.98. The van der Waals surface area contributed by atoms with Crippen LogP contribution in [0.25, 0.3) is 0 Å². The van der Waals surface area contributed by atoms with Crippen LogP contribution in [0.5, 0.6) is 5.75 Å². The van der Waals surface area contributed by atoms with Crippen LogP contribution < -0.4 is 15.4 Å². The van der Waals surface area contributed by atoms with Crippen LogP contribution in [0.15, 0.2) is 29.3 Å². The van der Waals surface area contributed by atoms with Gasteiger partial charge in [0, 0.05) is 20.0 Å². The van der Waals surface area contributed by atoms with E-state index in [0.29, 0.717) is 24.7 Å². The molecule has 2 N–H and O–H groups in total. The molecule has 7 heteroatoms. The van der Waals surface area contributed by atoms with Gasteiger partial charge in [-0.05, 0) is 44.0 Å². The number of aliphatic imine (C=N–C) groups is 1. The molecule has 0 saturated carbocycles. The van der Waals surface area contributed by atoms with Gasteiger partial charge in [-0.15, -0.1) is 0 Å². The molecule has 0 spiro atoms. The second-order valence-corrected chi connectivity index (χ2v) is 6.00. The van der Waals surface area contributed by atoms with Crippen LogP contribution in [-0.4, -0.2) is 45.3 Å². The predicted molar refractivity (Wildman–Crippen MR) is 101 cm³/mol. The maximum atomic E-state index is 12.9. The smallest absolute Gasteiger partial charge is 0.305 e. The molecule has 1 aromatic carbocycles. The fraction of sp³-hybridized carbons (Fsp3) is 0.579. The molecule has 1 rings (SSSR count). The molecule has 1 aromatic rings. The van der Waals surface area contributed by atoms with Crippen molar-refractivity contribution in [3.8, 4) is 5.75 Å². The Morgan fingerprint density at radius 2 is 1.85 bits per heavy atom. The fourth-order valence-electron chi connectivity index (χ4n) is 2.30. The largest absolute Gasteiger partial charge is 0.489 e. The second-order valence-electron chi connectivity index (χ2n) is 6.00. The Labute approximate surface area is 155 Å². The van der Waals surface area contributed by atoms with Crippen LogP contribution in [0.3, 0.4) is 0 Å². The van der Waals surface area contributed by atoms with Gasteiger partial charge in [0.25, 0.3) is 0 Å². The van der Waals surface area contributed by atoms with E-state index >= 15 is 0 Å². The van der Waals surface area contributed by atoms with E-state index in [1.807, 2.05) is 6.92 Å². The number of methoxy groups -OCH3 is 1. The average Bonchev–Trinajstić information content (AvgIpc) is 2.65. The summed E-state index contributed by atoms with van der Waals surface area (Å²) in [5.74, 6) is 0.924. The first-order valence-corrected chi connectivity index (χ1v) is 8.98. The fourth-order valence-corrected chi connectivity index (χ4v) is 2.30. The lowest BCUT2D eigenvalue weighted by Gasteiger charge is -2.17. The zero-order chi connectivity index (χ0) is 19.2. The molecular formula is C19H30FN3O3. The third kappa shape index (κ3) is 9.86. The number of unbranched alkanes of at least 4 members (excludes halogenated alkanes) is 3. The van der Waals surface area contributed by atoms with E-state index in [1.165, 1.54) is 19.2 Å². The minimum absolute atomic E-state index is 0.0858. The van der Waals surface area contributed by atoms with Gasteiger partial charge in [0.05, 0.1) is 13.7 Å². The molecule has 0 saturated heterocycles. The molecule has 146 valence electrons. The molecule has 0 aliphatic rings. The maximum Gasteiger partial charge on any atom is 0.305 e. The van der Waals surface area contributed by atoms with Crippen LogP contribution in [-0.2, 0) is 9.53 Å². The minimum atomic E-state index is -0.280. The SMILES string of the molecule is CN=C(NCCCCCCC(=O)OC)NCC(C)Oc1ccc(F)cc1. The zero-order valence-corrected chi connectivity index (χ0v) is 15.9. The van der Waals surface area contributed by atoms with Crippen LogP contribution in [0.2, 0.25) is 0 Å². The highest BCUT2D eigenvalue weighted by Gasteiger charge is 2.06. The Morgan fingerprint density at radius 3 is 2.50 bits per heavy atom. The standard InChI is InChI=1S/C19H30FN3O3/c1-15(26-17-11-9-16(20)10-12-17)14-23-19(21-2)22-13-7-5-4-6-8-18(24)25-3/h9-12,15H,4-8,13-14H2,1-3H3,(H2,21,22,23). The first kappa shape index (κ1) is 21.7. The van der Waals surface area contributed by atoms with Gasteiger partial charge in [-0.1, -0.05) is 12.8 Å². The van der Waals surface area contributed by atoms with E-state index < -0.39 is 0 Å². The highest BCUT2D eigenvalue weighted by Crippen LogP contribution is 2.12. The van der Waals surface area contributed by atoms with Crippen molar-refractivity contribution in [2.45, 2.75) is 45.1 Å². The van der Waals surface area contributed by atoms with Crippen molar-refractivity contribution >= 4 is 11.9 Å². The normalized spacial score (nSPS) is 12.4. The second kappa shape index (κ2) is 13.0. The predicted octanol–water partition coefficient (Wildman–Crippen LogP) is 2.88. The van der Waals surface area contributed by atoms with Crippen LogP contribution in [0.1, 0.15) is 39.0 Å². The van der Waals surface area contributed by atoms with Crippen LogP contribution in [0, 0.1) is 5.82 Å². The van der Waals surface area contributed by atoms with E-state index in [9.17, 15) is 9.18 Å². The van der Waals surface area contributed by atoms with Gasteiger partial charge < -0.3 is 20.1 Å². The summed E-state index contributed by atoms with van der Waals surface area (Å²) in [4.78, 5) is 15.2. The third-order valence-electron chi connectivity index (χ3n) is 3.76. The number of benzene rings is 1. The summed E-state index contributed by atoms with van der Waals surface area (Å²) in [7, 11) is 3.13. The third-order valence-corrected chi connectivity index (χ3v) is 3.76. The minimum Gasteiger partial charge on any atom is -0.489 e. The lowest BCUT2D eigenvalue weighted by atomic mass is 10.1. The summed E-state index contributed by atoms with van der Waals surface area (Å²) >= 11 is 0. The van der Waals surface area contributed by atoms with Crippen molar-refractivity contribution in [1.82, 2.24) is 10.6 Å². The molecule has 6 nitrogen and oxygen atoms in total. The Kier molecular flexibility index (Phi) is 10.8. The number of ether oxygens (including phenoxy) is 2. The zero-order valence-electron chi connectivity index (χ0n) is 15.9. The molecule has 0 aromatic heterocycles. The summed E-state index contributed by atoms with van der Waals surface area (Å²) in [5.41, 5.74) is 0. The molecule has 26 heavy (non-hydrogen) atoms. The quantitative estimate of drug-likeness (QED) is 0.272. The van der Waals surface area contributed by atoms with Gasteiger partial charge in [0.15, 0.2) is 5.96 Å². The van der Waals surface area contributed by atoms with Crippen LogP contribution >= 0.6 is 0 Å². The average molecular weight is 367 g/mol. The van der Waals surface area contributed by atoms with Crippen molar-refractivity contribution in [1.29, 1.82) is 0 Å². The molecule has 1 atom stereocenters. The molecule has 0 bridgehead atoms. The van der Waals surface area contributed by atoms with Gasteiger partial charge in [0.1, 0.15) is 17.7 Å². The van der Waals surface area contributed by atoms with Crippen molar-refractivity contribution in [2.24, 2.45) is 4.99 Å². The Hall–Kier alpha value is -2.31. The van der Waals surface area contributed by atoms with Crippen molar-refractivity contribution < 1.29 is 18.7 Å². The molecule has 0 radical (unpaired) electrons. The lowest BCUT2D eigenvalue weighted by Crippen LogP contribution is -2.42. The highest BCUT2D eigenvalue weighted by molar-refractivity contribution is 5.79. The van der Waals surface area contributed by atoms with Gasteiger partial charge in [-0.2, -0.15) is 0 Å². The molecule has 0 aliphatic heterocycles. The number of rotatable bonds is 11. The number of hydrogen-bond acceptors (Lipinski definition) is 4. The van der Waals surface area contributed by atoms with E-state index in [2.05, 4.69) is 20.4 Å². The molecule has 1 unspecified atom stereocenters. The number of hydrogen-bond donors (Lipinski definition) is 2. The van der Waals surface area contributed by atoms with Crippen molar-refractivity contribution in [3.63, 3.8) is 0 Å². The van der Waals surface area contributed by atoms with E-state index in [1.54, 1.807) is 19.2 Å². The van der Waals surface area contributed by atoms with E-state index in [0.717, 1.165) is 32.2 Å². The van der Waals surface area contributed by atoms with Gasteiger partial charge >= 0.3 is 5.97 Å². The summed E-state index contributed by atoms with van der Waals surface area (Å²) in [6.07, 6.45) is 4.31. The van der Waals surface area contributed by atoms with Crippen molar-refractivity contribution in [2.75, 3.05) is 27.2 Å². The van der Waals surface area contributed by atoms with Gasteiger partial charge in [-0.3, -0.25) is 9.79 Å². The number of nitrogens with zero attached hydrogens (tertiary/aromatic N) is 1. The molecule has 0 fully saturated rings. The number of carbonyl (C=O) groups is 1. The molecule has 0 heterocycles. The monoisotopic (exact) mass is 367 g/mol. The lowest BCUT2D eigenvalue weighted by molar-refractivity contribution is -0.140. The number of esters is 1. The number of carbonyl (C=O) groups excluding carboxylic acids is 1. The Bertz CT molecular complexity index is 549. The summed E-state index contributed by atoms with van der Waals surface area (Å²) in [5, 5.41) is 6.45.